The highest BCUT2D eigenvalue weighted by Gasteiger charge is 2.22. The number of nitro groups is 1. The number of aliphatic carboxylic acids is 1. The minimum Gasteiger partial charge on any atom is -0.480 e. The average Bonchev–Trinajstić information content (AvgIpc) is 2.56. The number of carboxylic acids is 1. The van der Waals surface area contributed by atoms with Crippen molar-refractivity contribution in [2.45, 2.75) is 18.9 Å². The van der Waals surface area contributed by atoms with Crippen molar-refractivity contribution in [3.05, 3.63) is 68.4 Å². The van der Waals surface area contributed by atoms with Crippen molar-refractivity contribution in [1.82, 2.24) is 10.3 Å². The Morgan fingerprint density at radius 3 is 2.72 bits per heavy atom. The van der Waals surface area contributed by atoms with Crippen LogP contribution in [0.15, 0.2) is 47.2 Å². The third kappa shape index (κ3) is 5.35. The summed E-state index contributed by atoms with van der Waals surface area (Å²) in [7, 11) is 0. The van der Waals surface area contributed by atoms with E-state index >= 15 is 0 Å². The maximum absolute atomic E-state index is 12.1. The number of hydrogen-bond donors (Lipinski definition) is 2. The van der Waals surface area contributed by atoms with Gasteiger partial charge in [0.1, 0.15) is 10.6 Å². The summed E-state index contributed by atoms with van der Waals surface area (Å²) in [5.41, 5.74) is 0.948. The fraction of sp³-hybridized carbons (Fsp3) is 0.188. The number of halogens is 1. The summed E-state index contributed by atoms with van der Waals surface area (Å²) >= 11 is 3.23. The lowest BCUT2D eigenvalue weighted by molar-refractivity contribution is -0.384. The van der Waals surface area contributed by atoms with Crippen LogP contribution >= 0.6 is 15.9 Å². The summed E-state index contributed by atoms with van der Waals surface area (Å²) in [5, 5.41) is 22.5. The van der Waals surface area contributed by atoms with Gasteiger partial charge in [-0.3, -0.25) is 14.9 Å². The zero-order valence-corrected chi connectivity index (χ0v) is 14.5. The van der Waals surface area contributed by atoms with Gasteiger partial charge in [-0.15, -0.1) is 0 Å². The van der Waals surface area contributed by atoms with Gasteiger partial charge in [-0.2, -0.15) is 0 Å². The lowest BCUT2D eigenvalue weighted by atomic mass is 10.1. The summed E-state index contributed by atoms with van der Waals surface area (Å²) in [5.74, 6) is -1.71. The topological polar surface area (TPSA) is 122 Å². The van der Waals surface area contributed by atoms with Gasteiger partial charge in [0.15, 0.2) is 0 Å². The van der Waals surface area contributed by atoms with Gasteiger partial charge in [-0.05, 0) is 33.1 Å². The van der Waals surface area contributed by atoms with E-state index < -0.39 is 22.8 Å². The van der Waals surface area contributed by atoms with Crippen molar-refractivity contribution in [2.24, 2.45) is 0 Å². The molecule has 0 unspecified atom stereocenters. The Labute approximate surface area is 151 Å². The zero-order valence-electron chi connectivity index (χ0n) is 12.9. The van der Waals surface area contributed by atoms with Crippen LogP contribution < -0.4 is 5.32 Å². The van der Waals surface area contributed by atoms with Crippen molar-refractivity contribution < 1.29 is 19.6 Å². The molecule has 0 saturated heterocycles. The number of carboxylic acid groups (broad SMARTS) is 1. The molecule has 130 valence electrons. The van der Waals surface area contributed by atoms with Gasteiger partial charge in [0.2, 0.25) is 5.91 Å². The number of rotatable bonds is 7. The molecule has 8 nitrogen and oxygen atoms in total. The van der Waals surface area contributed by atoms with Gasteiger partial charge in [0.05, 0.1) is 11.3 Å². The molecule has 1 aromatic heterocycles. The van der Waals surface area contributed by atoms with Crippen LogP contribution in [-0.4, -0.2) is 32.9 Å². The molecule has 0 aliphatic heterocycles. The Hall–Kier alpha value is -2.81. The number of hydrogen-bond acceptors (Lipinski definition) is 5. The summed E-state index contributed by atoms with van der Waals surface area (Å²) in [6, 6.07) is 7.90. The van der Waals surface area contributed by atoms with Crippen molar-refractivity contribution in [3.63, 3.8) is 0 Å². The first-order valence-corrected chi connectivity index (χ1v) is 8.01. The summed E-state index contributed by atoms with van der Waals surface area (Å²) < 4.78 is 0.509. The molecule has 2 aromatic rings. The molecule has 25 heavy (non-hydrogen) atoms. The van der Waals surface area contributed by atoms with Gasteiger partial charge in [0.25, 0.3) is 5.69 Å². The maximum atomic E-state index is 12.1. The van der Waals surface area contributed by atoms with Crippen LogP contribution in [0.25, 0.3) is 0 Å². The molecule has 0 spiro atoms. The second-order valence-corrected chi connectivity index (χ2v) is 5.97. The maximum Gasteiger partial charge on any atom is 0.326 e. The molecule has 0 aliphatic rings. The number of nitrogens with zero attached hydrogens (tertiary/aromatic N) is 2. The van der Waals surface area contributed by atoms with Gasteiger partial charge >= 0.3 is 5.97 Å². The van der Waals surface area contributed by atoms with Crippen molar-refractivity contribution in [2.75, 3.05) is 0 Å². The number of aromatic nitrogens is 1. The average molecular weight is 408 g/mol. The lowest BCUT2D eigenvalue weighted by Crippen LogP contribution is -2.43. The number of pyridine rings is 1. The standard InChI is InChI=1S/C16H14BrN3O5/c17-15-11(4-2-6-18-15)9-13(16(22)23)19-14(21)8-10-3-1-5-12(7-10)20(24)25/h1-7,13H,8-9H2,(H,19,21)(H,22,23)/t13-/m1/s1. The van der Waals surface area contributed by atoms with E-state index in [1.54, 1.807) is 24.4 Å². The zero-order chi connectivity index (χ0) is 18.4. The smallest absolute Gasteiger partial charge is 0.326 e. The minimum absolute atomic E-state index is 0.0600. The van der Waals surface area contributed by atoms with E-state index in [0.29, 0.717) is 15.7 Å². The van der Waals surface area contributed by atoms with Crippen molar-refractivity contribution in [3.8, 4) is 0 Å². The van der Waals surface area contributed by atoms with Crippen LogP contribution in [0.2, 0.25) is 0 Å². The first-order chi connectivity index (χ1) is 11.9. The SMILES string of the molecule is O=C(Cc1cccc([N+](=O)[O-])c1)N[C@H](Cc1cccnc1Br)C(=O)O. The van der Waals surface area contributed by atoms with Crippen LogP contribution in [-0.2, 0) is 22.4 Å². The molecule has 9 heteroatoms. The molecule has 0 radical (unpaired) electrons. The number of carbonyl (C=O) groups excluding carboxylic acids is 1. The van der Waals surface area contributed by atoms with E-state index in [1.807, 2.05) is 0 Å². The van der Waals surface area contributed by atoms with Gasteiger partial charge in [-0.1, -0.05) is 18.2 Å². The first-order valence-electron chi connectivity index (χ1n) is 7.21. The molecule has 1 aromatic carbocycles. The molecular weight excluding hydrogens is 394 g/mol. The highest BCUT2D eigenvalue weighted by atomic mass is 79.9. The number of amides is 1. The van der Waals surface area contributed by atoms with Crippen LogP contribution in [0, 0.1) is 10.1 Å². The number of carbonyl (C=O) groups is 2. The Kier molecular flexibility index (Phi) is 6.18. The number of nitrogens with one attached hydrogen (secondary N) is 1. The largest absolute Gasteiger partial charge is 0.480 e. The predicted molar refractivity (Wildman–Crippen MR) is 92.0 cm³/mol. The van der Waals surface area contributed by atoms with E-state index in [2.05, 4.69) is 26.2 Å². The molecule has 1 atom stereocenters. The highest BCUT2D eigenvalue weighted by Crippen LogP contribution is 2.16. The van der Waals surface area contributed by atoms with Crippen LogP contribution in [0.4, 0.5) is 5.69 Å². The monoisotopic (exact) mass is 407 g/mol. The molecule has 2 rings (SSSR count). The normalized spacial score (nSPS) is 11.6. The van der Waals surface area contributed by atoms with E-state index in [0.717, 1.165) is 0 Å². The number of non-ortho nitro benzene ring substituents is 1. The van der Waals surface area contributed by atoms with Gasteiger partial charge < -0.3 is 10.4 Å². The summed E-state index contributed by atoms with van der Waals surface area (Å²) in [6.07, 6.45) is 1.47. The van der Waals surface area contributed by atoms with E-state index in [4.69, 9.17) is 0 Å². The van der Waals surface area contributed by atoms with E-state index in [1.165, 1.54) is 18.2 Å². The lowest BCUT2D eigenvalue weighted by Gasteiger charge is -2.15. The molecule has 1 heterocycles. The van der Waals surface area contributed by atoms with E-state index in [-0.39, 0.29) is 18.5 Å². The number of benzene rings is 1. The Morgan fingerprint density at radius 1 is 1.32 bits per heavy atom. The van der Waals surface area contributed by atoms with Gasteiger partial charge in [0, 0.05) is 24.8 Å². The summed E-state index contributed by atoms with van der Waals surface area (Å²) in [4.78, 5) is 37.7. The molecule has 0 bridgehead atoms. The molecular formula is C16H14BrN3O5. The third-order valence-electron chi connectivity index (χ3n) is 3.38. The van der Waals surface area contributed by atoms with Gasteiger partial charge in [-0.25, -0.2) is 9.78 Å². The van der Waals surface area contributed by atoms with E-state index in [9.17, 15) is 24.8 Å². The third-order valence-corrected chi connectivity index (χ3v) is 4.09. The van der Waals surface area contributed by atoms with Crippen LogP contribution in [0.3, 0.4) is 0 Å². The number of nitro benzene ring substituents is 1. The fourth-order valence-corrected chi connectivity index (χ4v) is 2.61. The molecule has 2 N–H and O–H groups in total. The molecule has 0 fully saturated rings. The molecule has 0 aliphatic carbocycles. The van der Waals surface area contributed by atoms with Crippen molar-refractivity contribution in [1.29, 1.82) is 0 Å². The Balaban J connectivity index is 2.05. The van der Waals surface area contributed by atoms with Crippen molar-refractivity contribution >= 4 is 33.5 Å². The quantitative estimate of drug-likeness (QED) is 0.411. The molecule has 1 amide bonds. The second-order valence-electron chi connectivity index (χ2n) is 5.22. The molecule has 0 saturated carbocycles. The first kappa shape index (κ1) is 18.5. The Morgan fingerprint density at radius 2 is 2.08 bits per heavy atom. The Bertz CT molecular complexity index is 812. The second kappa shape index (κ2) is 8.34. The minimum atomic E-state index is -1.18. The predicted octanol–water partition coefficient (Wildman–Crippen LogP) is 2.11. The highest BCUT2D eigenvalue weighted by molar-refractivity contribution is 9.10. The summed E-state index contributed by atoms with van der Waals surface area (Å²) in [6.45, 7) is 0. The fourth-order valence-electron chi connectivity index (χ4n) is 2.20. The van der Waals surface area contributed by atoms with Crippen LogP contribution in [0.5, 0.6) is 0 Å². The van der Waals surface area contributed by atoms with Crippen LogP contribution in [0.1, 0.15) is 11.1 Å².